The Balaban J connectivity index is 3.75. The largest absolute Gasteiger partial charge is 0.350 e. The van der Waals surface area contributed by atoms with Crippen LogP contribution in [0.25, 0.3) is 0 Å². The molecule has 90 valence electrons. The van der Waals surface area contributed by atoms with Gasteiger partial charge in [-0.25, -0.2) is 0 Å². The van der Waals surface area contributed by atoms with Crippen molar-refractivity contribution in [2.24, 2.45) is 0 Å². The summed E-state index contributed by atoms with van der Waals surface area (Å²) in [4.78, 5) is 11.6. The Bertz CT molecular complexity index is 190. The second kappa shape index (κ2) is 6.83. The van der Waals surface area contributed by atoms with Crippen LogP contribution in [0.1, 0.15) is 53.9 Å². The third kappa shape index (κ3) is 7.37. The van der Waals surface area contributed by atoms with E-state index in [1.54, 1.807) is 0 Å². The average Bonchev–Trinajstić information content (AvgIpc) is 2.15. The minimum atomic E-state index is -0.0905. The second-order valence-corrected chi connectivity index (χ2v) is 4.86. The molecule has 1 unspecified atom stereocenters. The van der Waals surface area contributed by atoms with Crippen LogP contribution < -0.4 is 10.6 Å². The molecule has 0 saturated heterocycles. The maximum Gasteiger partial charge on any atom is 0.234 e. The van der Waals surface area contributed by atoms with Crippen LogP contribution >= 0.6 is 0 Å². The molecule has 0 radical (unpaired) electrons. The topological polar surface area (TPSA) is 41.1 Å². The number of carbonyl (C=O) groups is 1. The Morgan fingerprint density at radius 3 is 2.40 bits per heavy atom. The molecular weight excluding hydrogens is 188 g/mol. The van der Waals surface area contributed by atoms with E-state index < -0.39 is 0 Å². The molecule has 0 rings (SSSR count). The molecule has 2 N–H and O–H groups in total. The highest BCUT2D eigenvalue weighted by atomic mass is 16.2. The molecule has 0 saturated carbocycles. The summed E-state index contributed by atoms with van der Waals surface area (Å²) < 4.78 is 0. The van der Waals surface area contributed by atoms with E-state index in [2.05, 4.69) is 31.4 Å². The molecule has 15 heavy (non-hydrogen) atoms. The molecule has 0 aliphatic carbocycles. The summed E-state index contributed by atoms with van der Waals surface area (Å²) in [5.74, 6) is 0.0878. The van der Waals surface area contributed by atoms with Gasteiger partial charge in [-0.05, 0) is 33.6 Å². The molecule has 0 heterocycles. The summed E-state index contributed by atoms with van der Waals surface area (Å²) in [7, 11) is 0. The van der Waals surface area contributed by atoms with Gasteiger partial charge in [-0.1, -0.05) is 20.3 Å². The van der Waals surface area contributed by atoms with Gasteiger partial charge >= 0.3 is 0 Å². The Kier molecular flexibility index (Phi) is 6.57. The Morgan fingerprint density at radius 2 is 1.93 bits per heavy atom. The van der Waals surface area contributed by atoms with Gasteiger partial charge in [-0.2, -0.15) is 0 Å². The number of amides is 1. The maximum absolute atomic E-state index is 11.6. The first kappa shape index (κ1) is 14.4. The highest BCUT2D eigenvalue weighted by molar-refractivity contribution is 5.78. The smallest absolute Gasteiger partial charge is 0.234 e. The molecule has 1 atom stereocenters. The van der Waals surface area contributed by atoms with Crippen LogP contribution in [0.3, 0.4) is 0 Å². The second-order valence-electron chi connectivity index (χ2n) is 4.86. The quantitative estimate of drug-likeness (QED) is 0.681. The zero-order chi connectivity index (χ0) is 11.9. The first-order valence-corrected chi connectivity index (χ1v) is 5.95. The summed E-state index contributed by atoms with van der Waals surface area (Å²) in [5.41, 5.74) is -0.0905. The molecular formula is C12H26N2O. The number of hydrogen-bond donors (Lipinski definition) is 2. The van der Waals surface area contributed by atoms with E-state index in [1.165, 1.54) is 0 Å². The van der Waals surface area contributed by atoms with Crippen molar-refractivity contribution in [1.82, 2.24) is 10.6 Å². The molecule has 1 amide bonds. The highest BCUT2D eigenvalue weighted by Gasteiger charge is 2.17. The molecule has 0 aromatic rings. The summed E-state index contributed by atoms with van der Waals surface area (Å²) >= 11 is 0. The summed E-state index contributed by atoms with van der Waals surface area (Å²) in [6.45, 7) is 10.8. The molecule has 0 fully saturated rings. The molecule has 0 aliphatic rings. The third-order valence-corrected chi connectivity index (χ3v) is 2.69. The first-order chi connectivity index (χ1) is 6.91. The fourth-order valence-electron chi connectivity index (χ4n) is 1.31. The van der Waals surface area contributed by atoms with Crippen molar-refractivity contribution in [3.8, 4) is 0 Å². The number of nitrogens with one attached hydrogen (secondary N) is 2. The van der Waals surface area contributed by atoms with E-state index in [1.807, 2.05) is 13.8 Å². The summed E-state index contributed by atoms with van der Waals surface area (Å²) in [6.07, 6.45) is 3.21. The average molecular weight is 214 g/mol. The van der Waals surface area contributed by atoms with Crippen LogP contribution in [0.15, 0.2) is 0 Å². The van der Waals surface area contributed by atoms with Crippen LogP contribution in [-0.4, -0.2) is 24.0 Å². The highest BCUT2D eigenvalue weighted by Crippen LogP contribution is 2.05. The SMILES string of the molecule is CCCC(C)NCC(=O)NC(C)(C)CC. The number of hydrogen-bond acceptors (Lipinski definition) is 2. The zero-order valence-corrected chi connectivity index (χ0v) is 10.8. The lowest BCUT2D eigenvalue weighted by Gasteiger charge is -2.25. The van der Waals surface area contributed by atoms with E-state index in [0.717, 1.165) is 19.3 Å². The van der Waals surface area contributed by atoms with Crippen LogP contribution in [0.2, 0.25) is 0 Å². The zero-order valence-electron chi connectivity index (χ0n) is 10.8. The van der Waals surface area contributed by atoms with Crippen molar-refractivity contribution in [2.45, 2.75) is 65.5 Å². The van der Waals surface area contributed by atoms with Crippen molar-refractivity contribution in [1.29, 1.82) is 0 Å². The predicted octanol–water partition coefficient (Wildman–Crippen LogP) is 2.07. The van der Waals surface area contributed by atoms with E-state index >= 15 is 0 Å². The normalized spacial score (nSPS) is 13.7. The van der Waals surface area contributed by atoms with E-state index in [-0.39, 0.29) is 11.4 Å². The van der Waals surface area contributed by atoms with E-state index in [0.29, 0.717) is 12.6 Å². The Labute approximate surface area is 94.0 Å². The van der Waals surface area contributed by atoms with Crippen molar-refractivity contribution < 1.29 is 4.79 Å². The molecule has 0 aliphatic heterocycles. The standard InChI is InChI=1S/C12H26N2O/c1-6-8-10(3)13-9-11(15)14-12(4,5)7-2/h10,13H,6-9H2,1-5H3,(H,14,15). The van der Waals surface area contributed by atoms with Crippen LogP contribution in [0.5, 0.6) is 0 Å². The summed E-state index contributed by atoms with van der Waals surface area (Å²) in [6, 6.07) is 0.422. The number of carbonyl (C=O) groups excluding carboxylic acids is 1. The monoisotopic (exact) mass is 214 g/mol. The fourth-order valence-corrected chi connectivity index (χ4v) is 1.31. The van der Waals surface area contributed by atoms with Gasteiger partial charge in [0, 0.05) is 11.6 Å². The molecule has 0 aromatic carbocycles. The lowest BCUT2D eigenvalue weighted by Crippen LogP contribution is -2.47. The minimum Gasteiger partial charge on any atom is -0.350 e. The van der Waals surface area contributed by atoms with Gasteiger partial charge < -0.3 is 10.6 Å². The molecule has 0 spiro atoms. The van der Waals surface area contributed by atoms with E-state index in [9.17, 15) is 4.79 Å². The van der Waals surface area contributed by atoms with Gasteiger partial charge in [-0.3, -0.25) is 4.79 Å². The molecule has 3 nitrogen and oxygen atoms in total. The van der Waals surface area contributed by atoms with Crippen molar-refractivity contribution in [3.63, 3.8) is 0 Å². The first-order valence-electron chi connectivity index (χ1n) is 5.95. The Hall–Kier alpha value is -0.570. The van der Waals surface area contributed by atoms with Crippen LogP contribution in [-0.2, 0) is 4.79 Å². The maximum atomic E-state index is 11.6. The van der Waals surface area contributed by atoms with Crippen molar-refractivity contribution in [2.75, 3.05) is 6.54 Å². The van der Waals surface area contributed by atoms with Gasteiger partial charge in [0.15, 0.2) is 0 Å². The van der Waals surface area contributed by atoms with Crippen molar-refractivity contribution in [3.05, 3.63) is 0 Å². The predicted molar refractivity (Wildman–Crippen MR) is 64.9 cm³/mol. The minimum absolute atomic E-state index is 0.0878. The van der Waals surface area contributed by atoms with E-state index in [4.69, 9.17) is 0 Å². The molecule has 0 bridgehead atoms. The number of rotatable bonds is 7. The van der Waals surface area contributed by atoms with Gasteiger partial charge in [0.1, 0.15) is 0 Å². The van der Waals surface area contributed by atoms with Crippen molar-refractivity contribution >= 4 is 5.91 Å². The third-order valence-electron chi connectivity index (χ3n) is 2.69. The molecule has 3 heteroatoms. The van der Waals surface area contributed by atoms with Crippen LogP contribution in [0.4, 0.5) is 0 Å². The lowest BCUT2D eigenvalue weighted by atomic mass is 10.0. The fraction of sp³-hybridized carbons (Fsp3) is 0.917. The van der Waals surface area contributed by atoms with Gasteiger partial charge in [-0.15, -0.1) is 0 Å². The van der Waals surface area contributed by atoms with Gasteiger partial charge in [0.25, 0.3) is 0 Å². The summed E-state index contributed by atoms with van der Waals surface area (Å²) in [5, 5.41) is 6.22. The Morgan fingerprint density at radius 1 is 1.33 bits per heavy atom. The lowest BCUT2D eigenvalue weighted by molar-refractivity contribution is -0.122. The van der Waals surface area contributed by atoms with Crippen LogP contribution in [0, 0.1) is 0 Å². The van der Waals surface area contributed by atoms with Gasteiger partial charge in [0.2, 0.25) is 5.91 Å². The molecule has 0 aromatic heterocycles. The van der Waals surface area contributed by atoms with Gasteiger partial charge in [0.05, 0.1) is 6.54 Å².